The van der Waals surface area contributed by atoms with Crippen LogP contribution in [-0.2, 0) is 24.0 Å². The SMILES string of the molecule is C/C(=N/NC(=O)CC(C)(C)S)c1ccc(OCCCC(=O)ON2C(=O)CCC2=O)nc1. The number of thiol groups is 1. The Balaban J connectivity index is 1.72. The van der Waals surface area contributed by atoms with Crippen molar-refractivity contribution in [2.45, 2.75) is 57.6 Å². The fourth-order valence-electron chi connectivity index (χ4n) is 2.52. The van der Waals surface area contributed by atoms with E-state index in [2.05, 4.69) is 28.1 Å². The van der Waals surface area contributed by atoms with Crippen LogP contribution in [0, 0.1) is 0 Å². The summed E-state index contributed by atoms with van der Waals surface area (Å²) in [4.78, 5) is 55.3. The Morgan fingerprint density at radius 1 is 1.26 bits per heavy atom. The number of hydrogen-bond donors (Lipinski definition) is 2. The van der Waals surface area contributed by atoms with Gasteiger partial charge in [0.2, 0.25) is 11.8 Å². The van der Waals surface area contributed by atoms with Gasteiger partial charge < -0.3 is 9.57 Å². The van der Waals surface area contributed by atoms with Gasteiger partial charge in [0.15, 0.2) is 0 Å². The monoisotopic (exact) mass is 450 g/mol. The molecular formula is C20H26N4O6S. The Labute approximate surface area is 185 Å². The molecule has 1 aromatic heterocycles. The average molecular weight is 451 g/mol. The Morgan fingerprint density at radius 3 is 2.52 bits per heavy atom. The first-order valence-corrected chi connectivity index (χ1v) is 10.2. The Morgan fingerprint density at radius 2 is 1.94 bits per heavy atom. The van der Waals surface area contributed by atoms with E-state index >= 15 is 0 Å². The maximum Gasteiger partial charge on any atom is 0.333 e. The van der Waals surface area contributed by atoms with Gasteiger partial charge in [0.05, 0.1) is 18.7 Å². The highest BCUT2D eigenvalue weighted by Crippen LogP contribution is 2.16. The fourth-order valence-corrected chi connectivity index (χ4v) is 2.67. The van der Waals surface area contributed by atoms with Gasteiger partial charge in [-0.05, 0) is 19.4 Å². The number of carbonyl (C=O) groups excluding carboxylic acids is 4. The van der Waals surface area contributed by atoms with Gasteiger partial charge >= 0.3 is 5.97 Å². The number of aromatic nitrogens is 1. The van der Waals surface area contributed by atoms with Gasteiger partial charge in [0.25, 0.3) is 11.8 Å². The fraction of sp³-hybridized carbons (Fsp3) is 0.500. The summed E-state index contributed by atoms with van der Waals surface area (Å²) in [6, 6.07) is 3.39. The van der Waals surface area contributed by atoms with E-state index in [9.17, 15) is 19.2 Å². The normalized spacial score (nSPS) is 14.6. The molecule has 0 unspecified atom stereocenters. The number of rotatable bonds is 10. The number of hydroxylamine groups is 2. The van der Waals surface area contributed by atoms with Gasteiger partial charge in [-0.1, -0.05) is 13.8 Å². The van der Waals surface area contributed by atoms with Gasteiger partial charge in [-0.25, -0.2) is 15.2 Å². The van der Waals surface area contributed by atoms with Crippen LogP contribution in [0.2, 0.25) is 0 Å². The second-order valence-electron chi connectivity index (χ2n) is 7.60. The van der Waals surface area contributed by atoms with Crippen LogP contribution in [-0.4, -0.2) is 50.8 Å². The van der Waals surface area contributed by atoms with Crippen LogP contribution < -0.4 is 10.2 Å². The number of ether oxygens (including phenoxy) is 1. The minimum Gasteiger partial charge on any atom is -0.478 e. The molecular weight excluding hydrogens is 424 g/mol. The molecule has 31 heavy (non-hydrogen) atoms. The summed E-state index contributed by atoms with van der Waals surface area (Å²) >= 11 is 4.31. The smallest absolute Gasteiger partial charge is 0.333 e. The van der Waals surface area contributed by atoms with Crippen LogP contribution in [0.5, 0.6) is 5.88 Å². The van der Waals surface area contributed by atoms with Crippen molar-refractivity contribution in [2.75, 3.05) is 6.61 Å². The number of nitrogens with zero attached hydrogens (tertiary/aromatic N) is 3. The van der Waals surface area contributed by atoms with E-state index in [1.54, 1.807) is 25.3 Å². The summed E-state index contributed by atoms with van der Waals surface area (Å²) in [6.45, 7) is 5.62. The molecule has 0 aliphatic carbocycles. The van der Waals surface area contributed by atoms with Crippen molar-refractivity contribution in [3.63, 3.8) is 0 Å². The number of amides is 3. The Hall–Kier alpha value is -2.95. The molecule has 0 spiro atoms. The zero-order chi connectivity index (χ0) is 23.0. The van der Waals surface area contributed by atoms with Crippen LogP contribution in [0.1, 0.15) is 58.4 Å². The van der Waals surface area contributed by atoms with Gasteiger partial charge in [-0.15, -0.1) is 5.06 Å². The predicted octanol–water partition coefficient (Wildman–Crippen LogP) is 1.79. The molecule has 0 saturated carbocycles. The zero-order valence-electron chi connectivity index (χ0n) is 17.7. The van der Waals surface area contributed by atoms with E-state index in [4.69, 9.17) is 9.57 Å². The quantitative estimate of drug-likeness (QED) is 0.183. The Kier molecular flexibility index (Phi) is 8.55. The van der Waals surface area contributed by atoms with Crippen molar-refractivity contribution < 1.29 is 28.8 Å². The molecule has 11 heteroatoms. The largest absolute Gasteiger partial charge is 0.478 e. The lowest BCUT2D eigenvalue weighted by Gasteiger charge is -2.15. The molecule has 0 bridgehead atoms. The first kappa shape index (κ1) is 24.3. The van der Waals surface area contributed by atoms with Crippen LogP contribution in [0.3, 0.4) is 0 Å². The van der Waals surface area contributed by atoms with Gasteiger partial charge in [-0.3, -0.25) is 14.4 Å². The molecule has 0 aromatic carbocycles. The summed E-state index contributed by atoms with van der Waals surface area (Å²) in [5, 5.41) is 4.58. The van der Waals surface area contributed by atoms with Gasteiger partial charge in [0.1, 0.15) is 0 Å². The van der Waals surface area contributed by atoms with Crippen LogP contribution in [0.4, 0.5) is 0 Å². The third kappa shape index (κ3) is 8.36. The molecule has 3 amide bonds. The lowest BCUT2D eigenvalue weighted by Crippen LogP contribution is -2.32. The number of nitrogens with one attached hydrogen (secondary N) is 1. The number of imide groups is 1. The van der Waals surface area contributed by atoms with E-state index in [-0.39, 0.29) is 38.2 Å². The summed E-state index contributed by atoms with van der Waals surface area (Å²) in [5.74, 6) is -1.57. The van der Waals surface area contributed by atoms with E-state index in [1.165, 1.54) is 0 Å². The van der Waals surface area contributed by atoms with Crippen LogP contribution in [0.15, 0.2) is 23.4 Å². The summed E-state index contributed by atoms with van der Waals surface area (Å²) in [7, 11) is 0. The second kappa shape index (κ2) is 10.9. The number of hydrazone groups is 1. The van der Waals surface area contributed by atoms with Crippen molar-refractivity contribution in [1.29, 1.82) is 0 Å². The van der Waals surface area contributed by atoms with Crippen LogP contribution >= 0.6 is 12.6 Å². The minimum absolute atomic E-state index is 0.0102. The van der Waals surface area contributed by atoms with Crippen molar-refractivity contribution in [1.82, 2.24) is 15.5 Å². The van der Waals surface area contributed by atoms with E-state index in [1.807, 2.05) is 13.8 Å². The van der Waals surface area contributed by atoms with E-state index in [0.717, 1.165) is 0 Å². The lowest BCUT2D eigenvalue weighted by molar-refractivity contribution is -0.197. The minimum atomic E-state index is -0.675. The third-order valence-corrected chi connectivity index (χ3v) is 4.23. The molecule has 0 radical (unpaired) electrons. The summed E-state index contributed by atoms with van der Waals surface area (Å²) < 4.78 is 5.05. The topological polar surface area (TPSA) is 127 Å². The van der Waals surface area contributed by atoms with Crippen molar-refractivity contribution >= 4 is 42.0 Å². The molecule has 1 N–H and O–H groups in total. The highest BCUT2D eigenvalue weighted by Gasteiger charge is 2.32. The van der Waals surface area contributed by atoms with Crippen LogP contribution in [0.25, 0.3) is 0 Å². The first-order chi connectivity index (χ1) is 14.5. The molecule has 1 saturated heterocycles. The molecule has 1 aromatic rings. The Bertz CT molecular complexity index is 847. The van der Waals surface area contributed by atoms with Crippen molar-refractivity contribution in [3.05, 3.63) is 23.9 Å². The van der Waals surface area contributed by atoms with Crippen molar-refractivity contribution in [3.8, 4) is 5.88 Å². The molecule has 2 heterocycles. The molecule has 168 valence electrons. The third-order valence-electron chi connectivity index (χ3n) is 4.07. The highest BCUT2D eigenvalue weighted by atomic mass is 32.1. The highest BCUT2D eigenvalue weighted by molar-refractivity contribution is 7.81. The summed E-state index contributed by atoms with van der Waals surface area (Å²) in [5.41, 5.74) is 3.78. The average Bonchev–Trinajstić information content (AvgIpc) is 3.00. The number of pyridine rings is 1. The van der Waals surface area contributed by atoms with E-state index in [0.29, 0.717) is 28.6 Å². The van der Waals surface area contributed by atoms with Gasteiger partial charge in [0, 0.05) is 41.8 Å². The lowest BCUT2D eigenvalue weighted by atomic mass is 10.1. The molecule has 2 rings (SSSR count). The van der Waals surface area contributed by atoms with Crippen molar-refractivity contribution in [2.24, 2.45) is 5.10 Å². The second-order valence-corrected chi connectivity index (χ2v) is 8.81. The zero-order valence-corrected chi connectivity index (χ0v) is 18.6. The molecule has 10 nitrogen and oxygen atoms in total. The molecule has 0 atom stereocenters. The predicted molar refractivity (Wildman–Crippen MR) is 114 cm³/mol. The standard InChI is InChI=1S/C20H26N4O6S/c1-13(22-23-15(25)11-20(2,3)31)14-6-7-16(21-12-14)29-10-4-5-19(28)30-24-17(26)8-9-18(24)27/h6-7,12,31H,4-5,8-11H2,1-3H3,(H,23,25)/b22-13-. The molecule has 1 aliphatic rings. The number of hydrogen-bond acceptors (Lipinski definition) is 9. The molecule has 1 fully saturated rings. The maximum absolute atomic E-state index is 11.8. The van der Waals surface area contributed by atoms with Gasteiger partial charge in [-0.2, -0.15) is 17.7 Å². The maximum atomic E-state index is 11.8. The summed E-state index contributed by atoms with van der Waals surface area (Å²) in [6.07, 6.45) is 2.22. The first-order valence-electron chi connectivity index (χ1n) is 9.76. The number of carbonyl (C=O) groups is 4. The van der Waals surface area contributed by atoms with E-state index < -0.39 is 22.5 Å². The molecule has 1 aliphatic heterocycles.